The van der Waals surface area contributed by atoms with Gasteiger partial charge in [-0.05, 0) is 59.7 Å². The monoisotopic (exact) mass is 522 g/mol. The van der Waals surface area contributed by atoms with Crippen molar-refractivity contribution in [2.75, 3.05) is 13.1 Å². The number of carbonyl (C=O) groups excluding carboxylic acids is 1. The molecule has 1 aliphatic rings. The molecule has 5 rings (SSSR count). The highest BCUT2D eigenvalue weighted by Crippen LogP contribution is 2.33. The van der Waals surface area contributed by atoms with E-state index >= 15 is 0 Å². The van der Waals surface area contributed by atoms with Crippen LogP contribution in [0.25, 0.3) is 28.0 Å². The lowest BCUT2D eigenvalue weighted by Crippen LogP contribution is -2.34. The van der Waals surface area contributed by atoms with E-state index in [0.717, 1.165) is 53.7 Å². The molecule has 0 fully saturated rings. The molecule has 8 nitrogen and oxygen atoms in total. The first-order valence-electron chi connectivity index (χ1n) is 13.5. The zero-order chi connectivity index (χ0) is 27.4. The first-order valence-corrected chi connectivity index (χ1v) is 13.5. The summed E-state index contributed by atoms with van der Waals surface area (Å²) in [5.41, 5.74) is 10.5. The number of aliphatic imine (C=N–C) groups is 1. The third-order valence-corrected chi connectivity index (χ3v) is 7.01. The maximum absolute atomic E-state index is 13.3. The Hall–Kier alpha value is -4.46. The second-order valence-electron chi connectivity index (χ2n) is 9.93. The predicted octanol–water partition coefficient (Wildman–Crippen LogP) is 4.99. The lowest BCUT2D eigenvalue weighted by Gasteiger charge is -2.22. The number of imidazole rings is 1. The van der Waals surface area contributed by atoms with Crippen LogP contribution >= 0.6 is 0 Å². The van der Waals surface area contributed by atoms with Crippen LogP contribution in [0.2, 0.25) is 0 Å². The number of carbonyl (C=O) groups is 1. The molecule has 8 heteroatoms. The molecule has 3 heterocycles. The van der Waals surface area contributed by atoms with E-state index in [1.807, 2.05) is 70.4 Å². The summed E-state index contributed by atoms with van der Waals surface area (Å²) in [6.45, 7) is 6.86. The van der Waals surface area contributed by atoms with Crippen LogP contribution in [0.15, 0.2) is 82.7 Å². The molecule has 1 amide bonds. The SMILES string of the molecule is CCCN(CCC)C(=O)C1=Cc2ccc(-c3ccc4c(=O)n(CCn5ccnc5)ccc4c3)cc2N=C(N)C1. The van der Waals surface area contributed by atoms with E-state index in [1.54, 1.807) is 17.1 Å². The van der Waals surface area contributed by atoms with Crippen LogP contribution in [-0.2, 0) is 17.9 Å². The molecular weight excluding hydrogens is 488 g/mol. The molecular formula is C31H34N6O2. The molecule has 2 aromatic carbocycles. The second-order valence-corrected chi connectivity index (χ2v) is 9.93. The van der Waals surface area contributed by atoms with Gasteiger partial charge in [0.25, 0.3) is 5.56 Å². The number of fused-ring (bicyclic) bond motifs is 2. The molecule has 200 valence electrons. The fourth-order valence-electron chi connectivity index (χ4n) is 5.05. The molecule has 2 N–H and O–H groups in total. The summed E-state index contributed by atoms with van der Waals surface area (Å²) in [5.74, 6) is 0.451. The van der Waals surface area contributed by atoms with E-state index in [0.29, 0.717) is 36.3 Å². The largest absolute Gasteiger partial charge is 0.387 e. The van der Waals surface area contributed by atoms with E-state index in [1.165, 1.54) is 0 Å². The topological polar surface area (TPSA) is 98.5 Å². The van der Waals surface area contributed by atoms with Crippen molar-refractivity contribution < 1.29 is 4.79 Å². The number of rotatable bonds is 9. The van der Waals surface area contributed by atoms with Crippen LogP contribution in [0.4, 0.5) is 5.69 Å². The number of aryl methyl sites for hydroxylation is 2. The van der Waals surface area contributed by atoms with Gasteiger partial charge in [-0.1, -0.05) is 32.0 Å². The maximum Gasteiger partial charge on any atom is 0.258 e. The molecule has 0 spiro atoms. The normalized spacial score (nSPS) is 13.0. The molecule has 0 saturated heterocycles. The van der Waals surface area contributed by atoms with Crippen molar-refractivity contribution in [1.82, 2.24) is 19.0 Å². The van der Waals surface area contributed by atoms with Gasteiger partial charge in [-0.25, -0.2) is 9.98 Å². The number of hydrogen-bond acceptors (Lipinski definition) is 5. The maximum atomic E-state index is 13.3. The predicted molar refractivity (Wildman–Crippen MR) is 157 cm³/mol. The highest BCUT2D eigenvalue weighted by atomic mass is 16.2. The molecule has 0 atom stereocenters. The van der Waals surface area contributed by atoms with Crippen LogP contribution in [0.1, 0.15) is 38.7 Å². The van der Waals surface area contributed by atoms with E-state index in [4.69, 9.17) is 5.73 Å². The number of hydrogen-bond donors (Lipinski definition) is 1. The Bertz CT molecular complexity index is 1610. The Kier molecular flexibility index (Phi) is 7.72. The highest BCUT2D eigenvalue weighted by Gasteiger charge is 2.21. The molecule has 0 radical (unpaired) electrons. The Morgan fingerprint density at radius 1 is 1.00 bits per heavy atom. The zero-order valence-corrected chi connectivity index (χ0v) is 22.5. The first kappa shape index (κ1) is 26.2. The number of amides is 1. The van der Waals surface area contributed by atoms with Crippen LogP contribution in [-0.4, -0.2) is 43.9 Å². The third kappa shape index (κ3) is 5.70. The molecule has 2 aromatic heterocycles. The number of benzene rings is 2. The summed E-state index contributed by atoms with van der Waals surface area (Å²) in [4.78, 5) is 37.0. The van der Waals surface area contributed by atoms with Gasteiger partial charge in [0.05, 0.1) is 12.0 Å². The number of nitrogens with two attached hydrogens (primary N) is 1. The minimum Gasteiger partial charge on any atom is -0.387 e. The number of aromatic nitrogens is 3. The van der Waals surface area contributed by atoms with E-state index in [2.05, 4.69) is 23.8 Å². The molecule has 0 aliphatic carbocycles. The van der Waals surface area contributed by atoms with Gasteiger partial charge < -0.3 is 19.8 Å². The Morgan fingerprint density at radius 2 is 1.77 bits per heavy atom. The van der Waals surface area contributed by atoms with Gasteiger partial charge in [0.1, 0.15) is 5.84 Å². The van der Waals surface area contributed by atoms with Crippen LogP contribution in [0.5, 0.6) is 0 Å². The molecule has 0 saturated carbocycles. The average Bonchev–Trinajstić information content (AvgIpc) is 3.40. The average molecular weight is 523 g/mol. The smallest absolute Gasteiger partial charge is 0.258 e. The van der Waals surface area contributed by atoms with Crippen molar-refractivity contribution in [2.45, 2.75) is 46.2 Å². The first-order chi connectivity index (χ1) is 19.0. The third-order valence-electron chi connectivity index (χ3n) is 7.01. The van der Waals surface area contributed by atoms with Crippen molar-refractivity contribution in [1.29, 1.82) is 0 Å². The summed E-state index contributed by atoms with van der Waals surface area (Å²) in [6, 6.07) is 13.9. The summed E-state index contributed by atoms with van der Waals surface area (Å²) in [7, 11) is 0. The van der Waals surface area contributed by atoms with Crippen molar-refractivity contribution in [3.63, 3.8) is 0 Å². The molecule has 1 aliphatic heterocycles. The van der Waals surface area contributed by atoms with Crippen molar-refractivity contribution in [2.24, 2.45) is 10.7 Å². The lowest BCUT2D eigenvalue weighted by atomic mass is 9.99. The second kappa shape index (κ2) is 11.5. The Labute approximate surface area is 228 Å². The van der Waals surface area contributed by atoms with Gasteiger partial charge in [0, 0.05) is 67.7 Å². The van der Waals surface area contributed by atoms with E-state index in [9.17, 15) is 9.59 Å². The van der Waals surface area contributed by atoms with Gasteiger partial charge in [-0.2, -0.15) is 0 Å². The summed E-state index contributed by atoms with van der Waals surface area (Å²) < 4.78 is 3.68. The molecule has 39 heavy (non-hydrogen) atoms. The van der Waals surface area contributed by atoms with Crippen LogP contribution in [0, 0.1) is 0 Å². The molecule has 0 unspecified atom stereocenters. The Morgan fingerprint density at radius 3 is 2.51 bits per heavy atom. The number of nitrogens with zero attached hydrogens (tertiary/aromatic N) is 5. The van der Waals surface area contributed by atoms with Crippen molar-refractivity contribution in [3.8, 4) is 11.1 Å². The minimum atomic E-state index is -0.0130. The van der Waals surface area contributed by atoms with Gasteiger partial charge in [-0.15, -0.1) is 0 Å². The number of amidine groups is 1. The zero-order valence-electron chi connectivity index (χ0n) is 22.5. The summed E-state index contributed by atoms with van der Waals surface area (Å²) in [6.07, 6.45) is 11.3. The van der Waals surface area contributed by atoms with Gasteiger partial charge in [0.2, 0.25) is 5.91 Å². The highest BCUT2D eigenvalue weighted by molar-refractivity contribution is 6.05. The van der Waals surface area contributed by atoms with Crippen molar-refractivity contribution in [3.05, 3.63) is 88.9 Å². The molecule has 4 aromatic rings. The van der Waals surface area contributed by atoms with Crippen LogP contribution in [0.3, 0.4) is 0 Å². The van der Waals surface area contributed by atoms with Crippen LogP contribution < -0.4 is 11.3 Å². The fourth-order valence-corrected chi connectivity index (χ4v) is 5.05. The summed E-state index contributed by atoms with van der Waals surface area (Å²) in [5, 5.41) is 1.56. The molecule has 0 bridgehead atoms. The lowest BCUT2D eigenvalue weighted by molar-refractivity contribution is -0.127. The number of pyridine rings is 1. The van der Waals surface area contributed by atoms with E-state index < -0.39 is 0 Å². The summed E-state index contributed by atoms with van der Waals surface area (Å²) >= 11 is 0. The van der Waals surface area contributed by atoms with Gasteiger partial charge >= 0.3 is 0 Å². The Balaban J connectivity index is 1.43. The minimum absolute atomic E-state index is 0.0130. The standard InChI is InChI=1S/C31H34N6O2/c1-3-11-36(12-4-2)30(38)26-18-25-6-5-23(19-28(25)34-29(32)20-26)22-7-8-27-24(17-22)9-13-37(31(27)39)16-15-35-14-10-33-21-35/h5-10,13-14,17-19,21H,3-4,11-12,15-16,20H2,1-2H3,(H2,32,34). The van der Waals surface area contributed by atoms with E-state index in [-0.39, 0.29) is 11.5 Å². The fraction of sp³-hybridized carbons (Fsp3) is 0.290. The van der Waals surface area contributed by atoms with Gasteiger partial charge in [-0.3, -0.25) is 9.59 Å². The quantitative estimate of drug-likeness (QED) is 0.335. The van der Waals surface area contributed by atoms with Gasteiger partial charge in [0.15, 0.2) is 0 Å². The van der Waals surface area contributed by atoms with Crippen molar-refractivity contribution >= 4 is 34.3 Å².